The molecule has 0 aliphatic carbocycles. The predicted octanol–water partition coefficient (Wildman–Crippen LogP) is 4.35. The van der Waals surface area contributed by atoms with Crippen LogP contribution in [0.15, 0.2) is 71.7 Å². The van der Waals surface area contributed by atoms with Crippen LogP contribution in [0.2, 0.25) is 5.02 Å². The molecule has 5 heteroatoms. The van der Waals surface area contributed by atoms with Crippen LogP contribution in [0, 0.1) is 5.92 Å². The molecule has 27 heavy (non-hydrogen) atoms. The van der Waals surface area contributed by atoms with Crippen LogP contribution < -0.4 is 10.5 Å². The molecule has 1 aliphatic heterocycles. The highest BCUT2D eigenvalue weighted by molar-refractivity contribution is 6.33. The van der Waals surface area contributed by atoms with Gasteiger partial charge in [-0.3, -0.25) is 4.79 Å². The first kappa shape index (κ1) is 17.8. The van der Waals surface area contributed by atoms with Crippen molar-refractivity contribution in [2.24, 2.45) is 5.92 Å². The Morgan fingerprint density at radius 2 is 1.59 bits per heavy atom. The molecule has 3 aromatic rings. The fourth-order valence-electron chi connectivity index (χ4n) is 3.72. The Labute approximate surface area is 164 Å². The average molecular weight is 380 g/mol. The summed E-state index contributed by atoms with van der Waals surface area (Å²) >= 11 is 6.43. The molecule has 0 bridgehead atoms. The molecule has 0 radical (unpaired) electrons. The number of rotatable bonds is 4. The smallest absolute Gasteiger partial charge is 0.292 e. The van der Waals surface area contributed by atoms with Gasteiger partial charge in [-0.25, -0.2) is 0 Å². The van der Waals surface area contributed by atoms with Crippen LogP contribution in [0.25, 0.3) is 5.69 Å². The number of piperidine rings is 1. The molecule has 0 spiro atoms. The van der Waals surface area contributed by atoms with Crippen molar-refractivity contribution in [3.8, 4) is 5.69 Å². The lowest BCUT2D eigenvalue weighted by atomic mass is 9.90. The molecule has 1 fully saturated rings. The summed E-state index contributed by atoms with van der Waals surface area (Å²) < 4.78 is 1.36. The molecule has 0 saturated carbocycles. The van der Waals surface area contributed by atoms with Crippen LogP contribution in [0.3, 0.4) is 0 Å². The molecule has 0 unspecified atom stereocenters. The van der Waals surface area contributed by atoms with Crippen LogP contribution in [0.5, 0.6) is 0 Å². The van der Waals surface area contributed by atoms with Crippen molar-refractivity contribution in [2.45, 2.75) is 19.3 Å². The minimum absolute atomic E-state index is 0.246. The summed E-state index contributed by atoms with van der Waals surface area (Å²) in [5, 5.41) is 4.60. The molecular weight excluding hydrogens is 358 g/mol. The Bertz CT molecular complexity index is 948. The van der Waals surface area contributed by atoms with Gasteiger partial charge in [0.05, 0.1) is 17.6 Å². The molecule has 1 aliphatic rings. The Morgan fingerprint density at radius 1 is 0.963 bits per heavy atom. The van der Waals surface area contributed by atoms with Crippen molar-refractivity contribution in [3.05, 3.63) is 87.8 Å². The minimum Gasteiger partial charge on any atom is -0.369 e. The lowest BCUT2D eigenvalue weighted by molar-refractivity contribution is 0.403. The second-order valence-electron chi connectivity index (χ2n) is 7.02. The van der Waals surface area contributed by atoms with Crippen molar-refractivity contribution in [1.29, 1.82) is 0 Å². The Balaban J connectivity index is 1.47. The van der Waals surface area contributed by atoms with Gasteiger partial charge >= 0.3 is 0 Å². The van der Waals surface area contributed by atoms with Crippen molar-refractivity contribution in [2.75, 3.05) is 18.0 Å². The quantitative estimate of drug-likeness (QED) is 0.676. The van der Waals surface area contributed by atoms with E-state index in [1.807, 2.05) is 30.3 Å². The number of halogens is 1. The molecule has 4 rings (SSSR count). The van der Waals surface area contributed by atoms with Crippen LogP contribution in [0.4, 0.5) is 5.69 Å². The number of nitrogens with zero attached hydrogens (tertiary/aromatic N) is 3. The summed E-state index contributed by atoms with van der Waals surface area (Å²) in [4.78, 5) is 14.9. The third-order valence-electron chi connectivity index (χ3n) is 5.22. The largest absolute Gasteiger partial charge is 0.369 e. The van der Waals surface area contributed by atoms with Gasteiger partial charge in [-0.05, 0) is 42.9 Å². The summed E-state index contributed by atoms with van der Waals surface area (Å²) in [6, 6.07) is 20.0. The number of hydrogen-bond donors (Lipinski definition) is 0. The maximum Gasteiger partial charge on any atom is 0.292 e. The van der Waals surface area contributed by atoms with Gasteiger partial charge in [-0.2, -0.15) is 9.78 Å². The van der Waals surface area contributed by atoms with E-state index in [1.165, 1.54) is 10.2 Å². The lowest BCUT2D eigenvalue weighted by Gasteiger charge is -2.33. The Kier molecular flexibility index (Phi) is 5.26. The number of aromatic nitrogens is 2. The molecule has 0 amide bonds. The predicted molar refractivity (Wildman–Crippen MR) is 110 cm³/mol. The first-order valence-electron chi connectivity index (χ1n) is 9.34. The van der Waals surface area contributed by atoms with Crippen LogP contribution in [0.1, 0.15) is 18.4 Å². The summed E-state index contributed by atoms with van der Waals surface area (Å²) in [6.07, 6.45) is 5.00. The SMILES string of the molecule is O=c1c(Cl)c(N2CCC(Cc3ccccc3)CC2)cnn1-c1ccccc1. The first-order valence-corrected chi connectivity index (χ1v) is 9.72. The molecule has 0 N–H and O–H groups in total. The van der Waals surface area contributed by atoms with E-state index in [4.69, 9.17) is 11.6 Å². The zero-order chi connectivity index (χ0) is 18.6. The zero-order valence-corrected chi connectivity index (χ0v) is 15.8. The monoisotopic (exact) mass is 379 g/mol. The van der Waals surface area contributed by atoms with Crippen LogP contribution >= 0.6 is 11.6 Å². The Morgan fingerprint density at radius 3 is 2.26 bits per heavy atom. The summed E-state index contributed by atoms with van der Waals surface area (Å²) in [6.45, 7) is 1.79. The zero-order valence-electron chi connectivity index (χ0n) is 15.1. The standard InChI is InChI=1S/C22H22ClN3O/c23-21-20(16-24-26(22(21)27)19-9-5-2-6-10-19)25-13-11-18(12-14-25)15-17-7-3-1-4-8-17/h1-10,16,18H,11-15H2. The lowest BCUT2D eigenvalue weighted by Crippen LogP contribution is -2.36. The van der Waals surface area contributed by atoms with Gasteiger partial charge in [0.1, 0.15) is 5.02 Å². The fraction of sp³-hybridized carbons (Fsp3) is 0.273. The van der Waals surface area contributed by atoms with Gasteiger partial charge in [0.15, 0.2) is 0 Å². The van der Waals surface area contributed by atoms with Gasteiger partial charge in [0.25, 0.3) is 5.56 Å². The van der Waals surface area contributed by atoms with Crippen molar-refractivity contribution in [3.63, 3.8) is 0 Å². The van der Waals surface area contributed by atoms with E-state index >= 15 is 0 Å². The van der Waals surface area contributed by atoms with E-state index in [2.05, 4.69) is 40.3 Å². The number of para-hydroxylation sites is 1. The molecule has 0 atom stereocenters. The third kappa shape index (κ3) is 3.91. The average Bonchev–Trinajstić information content (AvgIpc) is 2.72. The Hall–Kier alpha value is -2.59. The van der Waals surface area contributed by atoms with E-state index < -0.39 is 0 Å². The van der Waals surface area contributed by atoms with Crippen molar-refractivity contribution >= 4 is 17.3 Å². The molecule has 4 nitrogen and oxygen atoms in total. The minimum atomic E-state index is -0.272. The summed E-state index contributed by atoms with van der Waals surface area (Å²) in [7, 11) is 0. The van der Waals surface area contributed by atoms with E-state index in [1.54, 1.807) is 6.20 Å². The summed E-state index contributed by atoms with van der Waals surface area (Å²) in [5.74, 6) is 0.667. The summed E-state index contributed by atoms with van der Waals surface area (Å²) in [5.41, 5.74) is 2.58. The normalized spacial score (nSPS) is 15.1. The molecule has 1 aromatic heterocycles. The molecule has 138 valence electrons. The maximum absolute atomic E-state index is 12.7. The highest BCUT2D eigenvalue weighted by Crippen LogP contribution is 2.28. The second-order valence-corrected chi connectivity index (χ2v) is 7.39. The number of hydrogen-bond acceptors (Lipinski definition) is 3. The van der Waals surface area contributed by atoms with Gasteiger partial charge in [-0.1, -0.05) is 60.1 Å². The first-order chi connectivity index (χ1) is 13.2. The highest BCUT2D eigenvalue weighted by atomic mass is 35.5. The van der Waals surface area contributed by atoms with E-state index in [9.17, 15) is 4.79 Å². The molecule has 1 saturated heterocycles. The van der Waals surface area contributed by atoms with Crippen molar-refractivity contribution < 1.29 is 0 Å². The van der Waals surface area contributed by atoms with E-state index in [0.717, 1.165) is 43.7 Å². The third-order valence-corrected chi connectivity index (χ3v) is 5.58. The van der Waals surface area contributed by atoms with Gasteiger partial charge in [-0.15, -0.1) is 0 Å². The van der Waals surface area contributed by atoms with Gasteiger partial charge in [0, 0.05) is 13.1 Å². The van der Waals surface area contributed by atoms with Crippen LogP contribution in [-0.2, 0) is 6.42 Å². The number of anilines is 1. The second kappa shape index (κ2) is 7.97. The van der Waals surface area contributed by atoms with Gasteiger partial charge < -0.3 is 4.90 Å². The maximum atomic E-state index is 12.7. The van der Waals surface area contributed by atoms with E-state index in [0.29, 0.717) is 5.92 Å². The fourth-order valence-corrected chi connectivity index (χ4v) is 3.97. The van der Waals surface area contributed by atoms with Crippen molar-refractivity contribution in [1.82, 2.24) is 9.78 Å². The molecule has 2 aromatic carbocycles. The molecular formula is C22H22ClN3O. The highest BCUT2D eigenvalue weighted by Gasteiger charge is 2.23. The number of benzene rings is 2. The van der Waals surface area contributed by atoms with Gasteiger partial charge in [0.2, 0.25) is 0 Å². The van der Waals surface area contributed by atoms with E-state index in [-0.39, 0.29) is 10.6 Å². The van der Waals surface area contributed by atoms with Crippen LogP contribution in [-0.4, -0.2) is 22.9 Å². The topological polar surface area (TPSA) is 38.1 Å². The molecule has 2 heterocycles.